The van der Waals surface area contributed by atoms with Crippen molar-refractivity contribution in [1.82, 2.24) is 15.0 Å². The van der Waals surface area contributed by atoms with E-state index in [-0.39, 0.29) is 11.2 Å². The zero-order valence-electron chi connectivity index (χ0n) is 23.9. The van der Waals surface area contributed by atoms with Crippen molar-refractivity contribution in [2.75, 3.05) is 19.0 Å². The summed E-state index contributed by atoms with van der Waals surface area (Å²) >= 11 is 0. The molecule has 0 saturated carbocycles. The molecule has 3 heterocycles. The van der Waals surface area contributed by atoms with Crippen LogP contribution in [0, 0.1) is 5.82 Å². The van der Waals surface area contributed by atoms with Crippen molar-refractivity contribution in [3.63, 3.8) is 0 Å². The molecule has 0 saturated heterocycles. The number of hydrogen-bond acceptors (Lipinski definition) is 7. The third-order valence-electron chi connectivity index (χ3n) is 7.11. The number of anilines is 2. The maximum atomic E-state index is 13.5. The second-order valence-corrected chi connectivity index (χ2v) is 10.6. The van der Waals surface area contributed by atoms with Gasteiger partial charge in [-0.25, -0.2) is 9.37 Å². The van der Waals surface area contributed by atoms with Crippen molar-refractivity contribution in [2.24, 2.45) is 0 Å². The van der Waals surface area contributed by atoms with E-state index in [9.17, 15) is 9.18 Å². The van der Waals surface area contributed by atoms with Crippen LogP contribution in [0.2, 0.25) is 0 Å². The van der Waals surface area contributed by atoms with E-state index in [2.05, 4.69) is 20.3 Å². The van der Waals surface area contributed by atoms with E-state index in [1.807, 2.05) is 62.4 Å². The Balaban J connectivity index is 1.22. The Morgan fingerprint density at radius 1 is 0.907 bits per heavy atom. The zero-order chi connectivity index (χ0) is 30.0. The fourth-order valence-electron chi connectivity index (χ4n) is 4.57. The van der Waals surface area contributed by atoms with Crippen molar-refractivity contribution in [3.8, 4) is 28.4 Å². The molecular formula is C34H29FN4O4. The molecule has 0 amide bonds. The fraction of sp³-hybridized carbons (Fsp3) is 0.147. The maximum Gasteiger partial charge on any atom is 0.200 e. The number of aromatic amines is 1. The van der Waals surface area contributed by atoms with Crippen LogP contribution in [0.4, 0.5) is 15.9 Å². The molecule has 2 N–H and O–H groups in total. The molecule has 0 aliphatic rings. The van der Waals surface area contributed by atoms with Crippen LogP contribution in [0.3, 0.4) is 0 Å². The predicted molar refractivity (Wildman–Crippen MR) is 166 cm³/mol. The summed E-state index contributed by atoms with van der Waals surface area (Å²) in [5.74, 6) is 2.02. The van der Waals surface area contributed by atoms with Crippen molar-refractivity contribution in [3.05, 3.63) is 113 Å². The highest BCUT2D eigenvalue weighted by Crippen LogP contribution is 2.32. The second kappa shape index (κ2) is 11.5. The van der Waals surface area contributed by atoms with Crippen LogP contribution in [0.25, 0.3) is 32.9 Å². The lowest BCUT2D eigenvalue weighted by Gasteiger charge is -2.23. The number of halogens is 1. The molecule has 0 spiro atoms. The van der Waals surface area contributed by atoms with Crippen LogP contribution < -0.4 is 20.2 Å². The first-order chi connectivity index (χ1) is 20.8. The molecule has 8 nitrogen and oxygen atoms in total. The van der Waals surface area contributed by atoms with Gasteiger partial charge in [-0.3, -0.25) is 9.78 Å². The molecule has 0 fully saturated rings. The molecule has 3 aromatic carbocycles. The molecule has 6 rings (SSSR count). The number of ether oxygens (including phenoxy) is 3. The van der Waals surface area contributed by atoms with Crippen LogP contribution in [0.1, 0.15) is 13.8 Å². The molecule has 216 valence electrons. The summed E-state index contributed by atoms with van der Waals surface area (Å²) < 4.78 is 31.0. The summed E-state index contributed by atoms with van der Waals surface area (Å²) in [5, 5.41) is 4.50. The van der Waals surface area contributed by atoms with Crippen molar-refractivity contribution in [1.29, 1.82) is 0 Å². The number of fused-ring (bicyclic) bond motifs is 2. The fourth-order valence-corrected chi connectivity index (χ4v) is 4.57. The van der Waals surface area contributed by atoms with E-state index in [4.69, 9.17) is 14.2 Å². The maximum absolute atomic E-state index is 13.5. The number of aromatic nitrogens is 3. The molecule has 0 bridgehead atoms. The first kappa shape index (κ1) is 27.9. The SMILES string of the molecule is COC(C)(C)COc1ccc2c(Oc3ccc(Nc4nccc5[nH]cc(-c6ccc(F)cc6)c(=O)c45)cc3)ccnc2c1. The van der Waals surface area contributed by atoms with Crippen molar-refractivity contribution >= 4 is 33.3 Å². The lowest BCUT2D eigenvalue weighted by atomic mass is 10.0. The Morgan fingerprint density at radius 2 is 1.65 bits per heavy atom. The summed E-state index contributed by atoms with van der Waals surface area (Å²) in [6, 6.07) is 22.4. The highest BCUT2D eigenvalue weighted by molar-refractivity contribution is 5.93. The predicted octanol–water partition coefficient (Wildman–Crippen LogP) is 7.62. The van der Waals surface area contributed by atoms with Gasteiger partial charge >= 0.3 is 0 Å². The monoisotopic (exact) mass is 576 g/mol. The number of rotatable bonds is 9. The molecule has 9 heteroatoms. The molecule has 0 aliphatic carbocycles. The van der Waals surface area contributed by atoms with Gasteiger partial charge in [0.2, 0.25) is 5.43 Å². The van der Waals surface area contributed by atoms with Crippen LogP contribution in [-0.4, -0.2) is 34.3 Å². The van der Waals surface area contributed by atoms with Gasteiger partial charge in [-0.2, -0.15) is 0 Å². The molecule has 0 radical (unpaired) electrons. The van der Waals surface area contributed by atoms with Gasteiger partial charge in [0.25, 0.3) is 0 Å². The Bertz CT molecular complexity index is 1970. The van der Waals surface area contributed by atoms with Crippen molar-refractivity contribution < 1.29 is 18.6 Å². The number of nitrogens with one attached hydrogen (secondary N) is 2. The van der Waals surface area contributed by atoms with Gasteiger partial charge in [0.1, 0.15) is 35.5 Å². The highest BCUT2D eigenvalue weighted by Gasteiger charge is 2.18. The van der Waals surface area contributed by atoms with Gasteiger partial charge in [0, 0.05) is 48.4 Å². The average molecular weight is 577 g/mol. The van der Waals surface area contributed by atoms with E-state index in [0.29, 0.717) is 51.7 Å². The standard InChI is InChI=1S/C34H29FN4O4/c1-34(2,41-3)20-42-25-12-13-26-29(18-25)36-17-15-30(26)43-24-10-8-23(9-11-24)39-33-31-28(14-16-37-33)38-19-27(32(31)40)21-4-6-22(35)7-5-21/h4-19H,20H2,1-3H3,(H,37,39)(H,38,40). The van der Waals surface area contributed by atoms with Crippen molar-refractivity contribution in [2.45, 2.75) is 19.4 Å². The summed E-state index contributed by atoms with van der Waals surface area (Å²) in [7, 11) is 1.66. The number of pyridine rings is 3. The Kier molecular flexibility index (Phi) is 7.48. The molecular weight excluding hydrogens is 547 g/mol. The zero-order valence-corrected chi connectivity index (χ0v) is 23.9. The van der Waals surface area contributed by atoms with Crippen LogP contribution in [0.15, 0.2) is 102 Å². The van der Waals surface area contributed by atoms with Gasteiger partial charge in [-0.1, -0.05) is 12.1 Å². The quantitative estimate of drug-likeness (QED) is 0.183. The lowest BCUT2D eigenvalue weighted by molar-refractivity contribution is -0.0146. The lowest BCUT2D eigenvalue weighted by Crippen LogP contribution is -2.30. The number of nitrogens with zero attached hydrogens (tertiary/aromatic N) is 2. The number of benzene rings is 3. The van der Waals surface area contributed by atoms with Crippen LogP contribution in [-0.2, 0) is 4.74 Å². The highest BCUT2D eigenvalue weighted by atomic mass is 19.1. The first-order valence-corrected chi connectivity index (χ1v) is 13.7. The minimum atomic E-state index is -0.402. The number of H-pyrrole nitrogens is 1. The van der Waals surface area contributed by atoms with Crippen LogP contribution in [0.5, 0.6) is 17.2 Å². The van der Waals surface area contributed by atoms with E-state index >= 15 is 0 Å². The molecule has 3 aromatic heterocycles. The molecule has 43 heavy (non-hydrogen) atoms. The Morgan fingerprint density at radius 3 is 2.42 bits per heavy atom. The van der Waals surface area contributed by atoms with E-state index in [1.54, 1.807) is 43.9 Å². The smallest absolute Gasteiger partial charge is 0.200 e. The summed E-state index contributed by atoms with van der Waals surface area (Å²) in [6.07, 6.45) is 4.95. The number of methoxy groups -OCH3 is 1. The summed E-state index contributed by atoms with van der Waals surface area (Å²) in [4.78, 5) is 25.5. The largest absolute Gasteiger partial charge is 0.491 e. The average Bonchev–Trinajstić information content (AvgIpc) is 3.02. The minimum absolute atomic E-state index is 0.212. The number of hydrogen-bond donors (Lipinski definition) is 2. The van der Waals surface area contributed by atoms with Gasteiger partial charge in [-0.15, -0.1) is 0 Å². The second-order valence-electron chi connectivity index (χ2n) is 10.6. The molecule has 0 atom stereocenters. The Labute approximate surface area is 247 Å². The van der Waals surface area contributed by atoms with Gasteiger partial charge < -0.3 is 24.5 Å². The Hall–Kier alpha value is -5.28. The van der Waals surface area contributed by atoms with Gasteiger partial charge in [0.05, 0.1) is 22.0 Å². The molecule has 0 aliphatic heterocycles. The van der Waals surface area contributed by atoms with Crippen LogP contribution >= 0.6 is 0 Å². The topological polar surface area (TPSA) is 98.4 Å². The van der Waals surface area contributed by atoms with E-state index in [1.165, 1.54) is 12.1 Å². The molecule has 0 unspecified atom stereocenters. The normalized spacial score (nSPS) is 11.5. The minimum Gasteiger partial charge on any atom is -0.491 e. The van der Waals surface area contributed by atoms with E-state index < -0.39 is 5.60 Å². The first-order valence-electron chi connectivity index (χ1n) is 13.7. The van der Waals surface area contributed by atoms with E-state index in [0.717, 1.165) is 16.6 Å². The molecule has 6 aromatic rings. The summed E-state index contributed by atoms with van der Waals surface area (Å²) in [6.45, 7) is 4.33. The third kappa shape index (κ3) is 6.02. The van der Waals surface area contributed by atoms with Gasteiger partial charge in [0.15, 0.2) is 0 Å². The summed E-state index contributed by atoms with van der Waals surface area (Å²) in [5.41, 5.74) is 2.53. The third-order valence-corrected chi connectivity index (χ3v) is 7.11. The van der Waals surface area contributed by atoms with Gasteiger partial charge in [-0.05, 0) is 80.1 Å².